The monoisotopic (exact) mass is 360 g/mol. The molecule has 0 amide bonds. The molecule has 5 nitrogen and oxygen atoms in total. The zero-order valence-corrected chi connectivity index (χ0v) is 16.5. The summed E-state index contributed by atoms with van der Waals surface area (Å²) in [6.45, 7) is 9.77. The van der Waals surface area contributed by atoms with E-state index in [0.717, 1.165) is 24.0 Å². The van der Waals surface area contributed by atoms with Gasteiger partial charge in [-0.2, -0.15) is 0 Å². The second-order valence-corrected chi connectivity index (χ2v) is 8.05. The molecule has 2 N–H and O–H groups in total. The maximum Gasteiger partial charge on any atom is 0.213 e. The molecule has 0 fully saturated rings. The highest BCUT2D eigenvalue weighted by atomic mass is 32.2. The van der Waals surface area contributed by atoms with Gasteiger partial charge in [0.1, 0.15) is 5.76 Å². The lowest BCUT2D eigenvalue weighted by molar-refractivity contribution is 0.379. The van der Waals surface area contributed by atoms with Crippen LogP contribution < -0.4 is 10.6 Å². The van der Waals surface area contributed by atoms with Crippen LogP contribution in [0.15, 0.2) is 44.8 Å². The fourth-order valence-corrected chi connectivity index (χ4v) is 2.86. The molecule has 0 saturated carbocycles. The third kappa shape index (κ3) is 6.46. The second-order valence-electron chi connectivity index (χ2n) is 6.88. The smallest absolute Gasteiger partial charge is 0.213 e. The van der Waals surface area contributed by atoms with Crippen molar-refractivity contribution in [2.24, 2.45) is 4.99 Å². The van der Waals surface area contributed by atoms with Crippen molar-refractivity contribution in [2.45, 2.75) is 44.6 Å². The molecule has 0 radical (unpaired) electrons. The van der Waals surface area contributed by atoms with Crippen molar-refractivity contribution in [3.63, 3.8) is 0 Å². The minimum absolute atomic E-state index is 0.0294. The number of hydrogen-bond acceptors (Lipinski definition) is 4. The molecule has 1 heterocycles. The van der Waals surface area contributed by atoms with E-state index in [4.69, 9.17) is 4.42 Å². The highest BCUT2D eigenvalue weighted by Crippen LogP contribution is 2.22. The molecular weight excluding hydrogens is 332 g/mol. The highest BCUT2D eigenvalue weighted by Gasteiger charge is 2.19. The van der Waals surface area contributed by atoms with Gasteiger partial charge in [-0.1, -0.05) is 38.5 Å². The van der Waals surface area contributed by atoms with Gasteiger partial charge in [0, 0.05) is 29.7 Å². The Morgan fingerprint density at radius 1 is 1.20 bits per heavy atom. The second kappa shape index (κ2) is 8.94. The van der Waals surface area contributed by atoms with Crippen LogP contribution >= 0.6 is 11.8 Å². The Morgan fingerprint density at radius 2 is 1.92 bits per heavy atom. The van der Waals surface area contributed by atoms with Crippen LogP contribution in [0.5, 0.6) is 0 Å². The average Bonchev–Trinajstić information content (AvgIpc) is 3.05. The van der Waals surface area contributed by atoms with E-state index < -0.39 is 0 Å². The number of nitrogens with one attached hydrogen (secondary N) is 2. The van der Waals surface area contributed by atoms with Crippen LogP contribution in [-0.2, 0) is 12.0 Å². The maximum atomic E-state index is 5.78. The molecule has 0 saturated heterocycles. The molecule has 0 aliphatic rings. The summed E-state index contributed by atoms with van der Waals surface area (Å²) in [7, 11) is 1.76. The van der Waals surface area contributed by atoms with Gasteiger partial charge in [-0.15, -0.1) is 11.8 Å². The number of aryl methyl sites for hydroxylation is 1. The number of benzene rings is 1. The summed E-state index contributed by atoms with van der Waals surface area (Å²) in [5, 5.41) is 6.54. The third-order valence-electron chi connectivity index (χ3n) is 3.61. The number of hydrogen-bond donors (Lipinski definition) is 2. The van der Waals surface area contributed by atoms with Gasteiger partial charge < -0.3 is 15.1 Å². The average molecular weight is 361 g/mol. The minimum atomic E-state index is -0.0294. The zero-order chi connectivity index (χ0) is 18.3. The van der Waals surface area contributed by atoms with Crippen molar-refractivity contribution in [3.05, 3.63) is 47.7 Å². The third-order valence-corrected chi connectivity index (χ3v) is 4.62. The van der Waals surface area contributed by atoms with Crippen molar-refractivity contribution in [2.75, 3.05) is 19.3 Å². The van der Waals surface area contributed by atoms with Crippen LogP contribution in [0.25, 0.3) is 0 Å². The van der Waals surface area contributed by atoms with Crippen LogP contribution in [0.2, 0.25) is 0 Å². The quantitative estimate of drug-likeness (QED) is 0.356. The molecule has 0 spiro atoms. The summed E-state index contributed by atoms with van der Waals surface area (Å²) < 4.78 is 5.78. The number of guanidine groups is 1. The van der Waals surface area contributed by atoms with Crippen LogP contribution in [0.1, 0.15) is 38.0 Å². The van der Waals surface area contributed by atoms with Crippen molar-refractivity contribution in [1.29, 1.82) is 0 Å². The Kier molecular flexibility index (Phi) is 6.93. The molecule has 1 aromatic carbocycles. The fourth-order valence-electron chi connectivity index (χ4n) is 2.09. The molecule has 0 aliphatic carbocycles. The summed E-state index contributed by atoms with van der Waals surface area (Å²) in [6.07, 6.45) is 1.80. The van der Waals surface area contributed by atoms with Crippen molar-refractivity contribution < 1.29 is 4.42 Å². The lowest BCUT2D eigenvalue weighted by Crippen LogP contribution is -2.38. The van der Waals surface area contributed by atoms with Crippen molar-refractivity contribution >= 4 is 17.7 Å². The first kappa shape index (κ1) is 19.4. The Hall–Kier alpha value is -1.95. The van der Waals surface area contributed by atoms with Gasteiger partial charge in [0.15, 0.2) is 5.96 Å². The topological polar surface area (TPSA) is 62.5 Å². The van der Waals surface area contributed by atoms with Crippen LogP contribution in [0, 0.1) is 6.92 Å². The molecule has 1 aromatic heterocycles. The summed E-state index contributed by atoms with van der Waals surface area (Å²) >= 11 is 1.83. The van der Waals surface area contributed by atoms with E-state index >= 15 is 0 Å². The predicted molar refractivity (Wildman–Crippen MR) is 105 cm³/mol. The number of oxazole rings is 1. The molecule has 0 aliphatic heterocycles. The first-order valence-corrected chi connectivity index (χ1v) is 9.46. The normalized spacial score (nSPS) is 12.3. The maximum absolute atomic E-state index is 5.78. The van der Waals surface area contributed by atoms with Crippen molar-refractivity contribution in [3.8, 4) is 0 Å². The lowest BCUT2D eigenvalue weighted by atomic mass is 9.94. The van der Waals surface area contributed by atoms with E-state index in [1.807, 2.05) is 11.8 Å². The first-order valence-electron chi connectivity index (χ1n) is 8.47. The Balaban J connectivity index is 1.72. The standard InChI is InChI=1S/C19H28N4OS/c1-14-6-8-15(9-7-14)25-11-10-21-18(20-5)23-13-17-22-12-16(24-17)19(2,3)4/h6-9,12H,10-11,13H2,1-5H3,(H2,20,21,23). The van der Waals surface area contributed by atoms with E-state index in [1.54, 1.807) is 13.2 Å². The highest BCUT2D eigenvalue weighted by molar-refractivity contribution is 7.99. The molecule has 136 valence electrons. The molecule has 6 heteroatoms. The first-order chi connectivity index (χ1) is 11.9. The Labute approximate surface area is 154 Å². The molecule has 25 heavy (non-hydrogen) atoms. The van der Waals surface area contributed by atoms with E-state index in [-0.39, 0.29) is 5.41 Å². The molecule has 0 atom stereocenters. The summed E-state index contributed by atoms with van der Waals surface area (Å²) in [6, 6.07) is 8.59. The van der Waals surface area contributed by atoms with E-state index in [0.29, 0.717) is 12.4 Å². The number of thioether (sulfide) groups is 1. The SMILES string of the molecule is CN=C(NCCSc1ccc(C)cc1)NCc1ncc(C(C)(C)C)o1. The summed E-state index contributed by atoms with van der Waals surface area (Å²) in [5.74, 6) is 3.28. The van der Waals surface area contributed by atoms with Gasteiger partial charge >= 0.3 is 0 Å². The number of nitrogens with zero attached hydrogens (tertiary/aromatic N) is 2. The summed E-state index contributed by atoms with van der Waals surface area (Å²) in [4.78, 5) is 9.83. The van der Waals surface area contributed by atoms with E-state index in [2.05, 4.69) is 72.6 Å². The summed E-state index contributed by atoms with van der Waals surface area (Å²) in [5.41, 5.74) is 1.26. The van der Waals surface area contributed by atoms with E-state index in [9.17, 15) is 0 Å². The van der Waals surface area contributed by atoms with Crippen LogP contribution in [0.4, 0.5) is 0 Å². The molecular formula is C19H28N4OS. The van der Waals surface area contributed by atoms with Gasteiger partial charge in [0.05, 0.1) is 12.7 Å². The largest absolute Gasteiger partial charge is 0.443 e. The zero-order valence-electron chi connectivity index (χ0n) is 15.7. The molecule has 0 unspecified atom stereocenters. The fraction of sp³-hybridized carbons (Fsp3) is 0.474. The van der Waals surface area contributed by atoms with Gasteiger partial charge in [-0.05, 0) is 19.1 Å². The van der Waals surface area contributed by atoms with E-state index in [1.165, 1.54) is 10.5 Å². The Morgan fingerprint density at radius 3 is 2.52 bits per heavy atom. The number of aliphatic imine (C=N–C) groups is 1. The van der Waals surface area contributed by atoms with Gasteiger partial charge in [0.2, 0.25) is 5.89 Å². The number of rotatable bonds is 6. The van der Waals surface area contributed by atoms with Gasteiger partial charge in [0.25, 0.3) is 0 Å². The molecule has 0 bridgehead atoms. The van der Waals surface area contributed by atoms with Gasteiger partial charge in [-0.25, -0.2) is 4.98 Å². The van der Waals surface area contributed by atoms with Crippen LogP contribution in [-0.4, -0.2) is 30.3 Å². The Bertz CT molecular complexity index is 686. The molecule has 2 aromatic rings. The van der Waals surface area contributed by atoms with Crippen LogP contribution in [0.3, 0.4) is 0 Å². The number of aromatic nitrogens is 1. The van der Waals surface area contributed by atoms with Crippen molar-refractivity contribution in [1.82, 2.24) is 15.6 Å². The lowest BCUT2D eigenvalue weighted by Gasteiger charge is -2.13. The molecule has 2 rings (SSSR count). The van der Waals surface area contributed by atoms with Gasteiger partial charge in [-0.3, -0.25) is 4.99 Å². The predicted octanol–water partition coefficient (Wildman–Crippen LogP) is 3.74. The minimum Gasteiger partial charge on any atom is -0.443 e.